The molecule has 0 aliphatic heterocycles. The maximum absolute atomic E-state index is 12.3. The van der Waals surface area contributed by atoms with Crippen LogP contribution in [-0.2, 0) is 9.59 Å². The van der Waals surface area contributed by atoms with Crippen LogP contribution < -0.4 is 19.7 Å². The van der Waals surface area contributed by atoms with Crippen molar-refractivity contribution in [2.75, 3.05) is 24.4 Å². The van der Waals surface area contributed by atoms with Crippen molar-refractivity contribution in [2.45, 2.75) is 13.8 Å². The summed E-state index contributed by atoms with van der Waals surface area (Å²) in [4.78, 5) is 25.1. The summed E-state index contributed by atoms with van der Waals surface area (Å²) >= 11 is 0. The van der Waals surface area contributed by atoms with E-state index >= 15 is 0 Å². The quantitative estimate of drug-likeness (QED) is 0.914. The van der Waals surface area contributed by atoms with Crippen molar-refractivity contribution in [3.63, 3.8) is 0 Å². The van der Waals surface area contributed by atoms with Crippen molar-refractivity contribution in [3.05, 3.63) is 42.5 Å². The maximum Gasteiger partial charge on any atom is 0.228 e. The molecule has 2 aromatic carbocycles. The zero-order valence-electron chi connectivity index (χ0n) is 14.1. The van der Waals surface area contributed by atoms with Gasteiger partial charge in [0.25, 0.3) is 0 Å². The Hall–Kier alpha value is -3.02. The molecule has 2 amide bonds. The summed E-state index contributed by atoms with van der Waals surface area (Å²) in [5.74, 6) is 0.847. The summed E-state index contributed by atoms with van der Waals surface area (Å²) in [6, 6.07) is 12.2. The topological polar surface area (TPSA) is 67.9 Å². The van der Waals surface area contributed by atoms with Gasteiger partial charge in [-0.2, -0.15) is 0 Å². The summed E-state index contributed by atoms with van der Waals surface area (Å²) in [6.07, 6.45) is 0. The second kappa shape index (κ2) is 7.50. The number of nitrogens with one attached hydrogen (secondary N) is 1. The van der Waals surface area contributed by atoms with Gasteiger partial charge < -0.3 is 14.8 Å². The van der Waals surface area contributed by atoms with Gasteiger partial charge in [-0.05, 0) is 42.5 Å². The second-order valence-corrected chi connectivity index (χ2v) is 5.12. The minimum absolute atomic E-state index is 0.182. The van der Waals surface area contributed by atoms with Crippen LogP contribution in [0.25, 0.3) is 0 Å². The summed E-state index contributed by atoms with van der Waals surface area (Å²) in [7, 11) is 3.11. The molecule has 0 unspecified atom stereocenters. The average Bonchev–Trinajstić information content (AvgIpc) is 2.55. The van der Waals surface area contributed by atoms with Gasteiger partial charge in [-0.3, -0.25) is 14.5 Å². The van der Waals surface area contributed by atoms with E-state index in [0.29, 0.717) is 28.6 Å². The van der Waals surface area contributed by atoms with E-state index < -0.39 is 0 Å². The molecule has 0 fully saturated rings. The van der Waals surface area contributed by atoms with Crippen LogP contribution in [0.15, 0.2) is 42.5 Å². The minimum Gasteiger partial charge on any atom is -0.497 e. The fourth-order valence-electron chi connectivity index (χ4n) is 2.37. The maximum atomic E-state index is 12.3. The fourth-order valence-corrected chi connectivity index (χ4v) is 2.37. The zero-order valence-corrected chi connectivity index (χ0v) is 14.1. The highest BCUT2D eigenvalue weighted by Crippen LogP contribution is 2.36. The number of ether oxygens (including phenoxy) is 2. The van der Waals surface area contributed by atoms with Crippen LogP contribution in [0.5, 0.6) is 11.5 Å². The smallest absolute Gasteiger partial charge is 0.228 e. The summed E-state index contributed by atoms with van der Waals surface area (Å²) in [5.41, 5.74) is 1.79. The minimum atomic E-state index is -0.190. The van der Waals surface area contributed by atoms with Gasteiger partial charge in [0.2, 0.25) is 11.8 Å². The molecule has 0 saturated heterocycles. The molecule has 0 heterocycles. The lowest BCUT2D eigenvalue weighted by molar-refractivity contribution is -0.116. The van der Waals surface area contributed by atoms with E-state index in [0.717, 1.165) is 0 Å². The van der Waals surface area contributed by atoms with E-state index in [2.05, 4.69) is 5.32 Å². The molecule has 6 heteroatoms. The zero-order chi connectivity index (χ0) is 17.7. The molecule has 0 radical (unpaired) electrons. The number of amides is 2. The highest BCUT2D eigenvalue weighted by molar-refractivity contribution is 6.01. The van der Waals surface area contributed by atoms with Crippen molar-refractivity contribution in [1.82, 2.24) is 0 Å². The molecule has 2 rings (SSSR count). The van der Waals surface area contributed by atoms with Gasteiger partial charge in [-0.25, -0.2) is 0 Å². The monoisotopic (exact) mass is 328 g/mol. The summed E-state index contributed by atoms with van der Waals surface area (Å²) in [6.45, 7) is 2.89. The summed E-state index contributed by atoms with van der Waals surface area (Å²) < 4.78 is 10.5. The van der Waals surface area contributed by atoms with Crippen LogP contribution in [-0.4, -0.2) is 26.0 Å². The molecule has 2 aromatic rings. The second-order valence-electron chi connectivity index (χ2n) is 5.12. The van der Waals surface area contributed by atoms with Gasteiger partial charge in [-0.1, -0.05) is 0 Å². The molecular formula is C18H20N2O4. The van der Waals surface area contributed by atoms with Crippen molar-refractivity contribution in [3.8, 4) is 11.5 Å². The Bertz CT molecular complexity index is 741. The standard InChI is InChI=1S/C18H20N2O4/c1-12(21)19-14-5-10-18(24-4)17(11-14)20(13(2)22)15-6-8-16(23-3)9-7-15/h5-11H,1-4H3,(H,19,21). The van der Waals surface area contributed by atoms with Crippen LogP contribution in [0, 0.1) is 0 Å². The predicted molar refractivity (Wildman–Crippen MR) is 93.1 cm³/mol. The molecule has 0 aliphatic rings. The molecular weight excluding hydrogens is 308 g/mol. The Morgan fingerprint density at radius 3 is 2.12 bits per heavy atom. The number of methoxy groups -OCH3 is 2. The van der Waals surface area contributed by atoms with Gasteiger partial charge in [0.05, 0.1) is 19.9 Å². The predicted octanol–water partition coefficient (Wildman–Crippen LogP) is 3.35. The molecule has 0 spiro atoms. The number of benzene rings is 2. The van der Waals surface area contributed by atoms with Crippen molar-refractivity contribution < 1.29 is 19.1 Å². The molecule has 0 saturated carbocycles. The first kappa shape index (κ1) is 17.3. The van der Waals surface area contributed by atoms with Crippen LogP contribution in [0.1, 0.15) is 13.8 Å². The number of carbonyl (C=O) groups is 2. The molecule has 1 N–H and O–H groups in total. The number of anilines is 3. The lowest BCUT2D eigenvalue weighted by Crippen LogP contribution is -2.23. The molecule has 126 valence electrons. The molecule has 0 atom stereocenters. The molecule has 0 bridgehead atoms. The highest BCUT2D eigenvalue weighted by Gasteiger charge is 2.19. The Morgan fingerprint density at radius 1 is 0.958 bits per heavy atom. The van der Waals surface area contributed by atoms with Gasteiger partial charge in [0, 0.05) is 25.2 Å². The number of hydrogen-bond donors (Lipinski definition) is 1. The highest BCUT2D eigenvalue weighted by atomic mass is 16.5. The van der Waals surface area contributed by atoms with Crippen molar-refractivity contribution in [1.29, 1.82) is 0 Å². The average molecular weight is 328 g/mol. The number of rotatable bonds is 5. The van der Waals surface area contributed by atoms with E-state index in [-0.39, 0.29) is 11.8 Å². The van der Waals surface area contributed by atoms with E-state index in [4.69, 9.17) is 9.47 Å². The van der Waals surface area contributed by atoms with Gasteiger partial charge in [0.1, 0.15) is 11.5 Å². The molecule has 0 aliphatic carbocycles. The Morgan fingerprint density at radius 2 is 1.62 bits per heavy atom. The lowest BCUT2D eigenvalue weighted by Gasteiger charge is -2.24. The first-order valence-corrected chi connectivity index (χ1v) is 7.36. The normalized spacial score (nSPS) is 10.0. The van der Waals surface area contributed by atoms with Crippen molar-refractivity contribution >= 4 is 28.9 Å². The molecule has 24 heavy (non-hydrogen) atoms. The molecule has 6 nitrogen and oxygen atoms in total. The number of hydrogen-bond acceptors (Lipinski definition) is 4. The first-order valence-electron chi connectivity index (χ1n) is 7.36. The van der Waals surface area contributed by atoms with Crippen LogP contribution in [0.3, 0.4) is 0 Å². The van der Waals surface area contributed by atoms with Crippen LogP contribution >= 0.6 is 0 Å². The van der Waals surface area contributed by atoms with E-state index in [1.807, 2.05) is 0 Å². The van der Waals surface area contributed by atoms with Gasteiger partial charge in [-0.15, -0.1) is 0 Å². The van der Waals surface area contributed by atoms with E-state index in [1.54, 1.807) is 49.6 Å². The lowest BCUT2D eigenvalue weighted by atomic mass is 10.2. The largest absolute Gasteiger partial charge is 0.497 e. The third-order valence-electron chi connectivity index (χ3n) is 3.39. The number of carbonyl (C=O) groups excluding carboxylic acids is 2. The van der Waals surface area contributed by atoms with Crippen molar-refractivity contribution in [2.24, 2.45) is 0 Å². The Balaban J connectivity index is 2.52. The van der Waals surface area contributed by atoms with Gasteiger partial charge >= 0.3 is 0 Å². The van der Waals surface area contributed by atoms with E-state index in [9.17, 15) is 9.59 Å². The van der Waals surface area contributed by atoms with E-state index in [1.165, 1.54) is 25.9 Å². The Kier molecular flexibility index (Phi) is 5.42. The Labute approximate surface area is 141 Å². The van der Waals surface area contributed by atoms with Crippen LogP contribution in [0.2, 0.25) is 0 Å². The molecule has 0 aromatic heterocycles. The fraction of sp³-hybridized carbons (Fsp3) is 0.222. The first-order chi connectivity index (χ1) is 11.5. The summed E-state index contributed by atoms with van der Waals surface area (Å²) in [5, 5.41) is 2.71. The third kappa shape index (κ3) is 3.84. The third-order valence-corrected chi connectivity index (χ3v) is 3.39. The SMILES string of the molecule is COc1ccc(N(C(C)=O)c2cc(NC(C)=O)ccc2OC)cc1. The van der Waals surface area contributed by atoms with Crippen LogP contribution in [0.4, 0.5) is 17.1 Å². The number of nitrogens with zero attached hydrogens (tertiary/aromatic N) is 1. The van der Waals surface area contributed by atoms with Gasteiger partial charge in [0.15, 0.2) is 0 Å².